The molecule has 2 aliphatic carbocycles. The Morgan fingerprint density at radius 1 is 1.03 bits per heavy atom. The highest BCUT2D eigenvalue weighted by molar-refractivity contribution is 5.82. The van der Waals surface area contributed by atoms with Gasteiger partial charge in [-0.15, -0.1) is 0 Å². The molecule has 1 N–H and O–H groups in total. The zero-order chi connectivity index (χ0) is 19.6. The second-order valence-electron chi connectivity index (χ2n) is 8.58. The number of hydrogen-bond donors (Lipinski definition) is 1. The molecule has 5 rings (SSSR count). The number of nitrogens with zero attached hydrogens (tertiary/aromatic N) is 2. The first-order valence-corrected chi connectivity index (χ1v) is 10.8. The zero-order valence-electron chi connectivity index (χ0n) is 16.7. The number of H-pyrrole nitrogens is 1. The fraction of sp³-hybridized carbons (Fsp3) is 0.400. The molecule has 2 aromatic heterocycles. The number of benzene rings is 1. The van der Waals surface area contributed by atoms with Gasteiger partial charge in [-0.1, -0.05) is 36.8 Å². The number of ketones is 1. The van der Waals surface area contributed by atoms with Crippen molar-refractivity contribution in [2.75, 3.05) is 0 Å². The third kappa shape index (κ3) is 3.64. The summed E-state index contributed by atoms with van der Waals surface area (Å²) in [5.74, 6) is 1.61. The van der Waals surface area contributed by atoms with Crippen LogP contribution in [-0.2, 0) is 17.6 Å². The summed E-state index contributed by atoms with van der Waals surface area (Å²) < 4.78 is 0. The SMILES string of the molecule is O=C(C[C@H]1CCC[C@@H]1c1ccccc1)[C@@H]1CCc2[nH]nc(-c3ccncc3)c2C1. The number of aryl methyl sites for hydroxylation is 1. The summed E-state index contributed by atoms with van der Waals surface area (Å²) in [6, 6.07) is 14.8. The molecular formula is C25H27N3O. The number of carbonyl (C=O) groups excluding carboxylic acids is 1. The number of aromatic nitrogens is 3. The predicted molar refractivity (Wildman–Crippen MR) is 113 cm³/mol. The summed E-state index contributed by atoms with van der Waals surface area (Å²) in [5, 5.41) is 7.76. The minimum absolute atomic E-state index is 0.123. The fourth-order valence-electron chi connectivity index (χ4n) is 5.36. The van der Waals surface area contributed by atoms with Crippen molar-refractivity contribution in [3.05, 3.63) is 71.7 Å². The van der Waals surface area contributed by atoms with E-state index >= 15 is 0 Å². The molecule has 148 valence electrons. The lowest BCUT2D eigenvalue weighted by molar-refractivity contribution is -0.124. The molecule has 0 amide bonds. The largest absolute Gasteiger partial charge is 0.299 e. The molecule has 4 heteroatoms. The van der Waals surface area contributed by atoms with E-state index in [1.54, 1.807) is 12.4 Å². The van der Waals surface area contributed by atoms with Crippen LogP contribution >= 0.6 is 0 Å². The van der Waals surface area contributed by atoms with E-state index in [2.05, 4.69) is 45.5 Å². The Morgan fingerprint density at radius 3 is 2.69 bits per heavy atom. The maximum absolute atomic E-state index is 13.3. The average molecular weight is 386 g/mol. The molecule has 0 saturated heterocycles. The molecule has 4 nitrogen and oxygen atoms in total. The second-order valence-corrected chi connectivity index (χ2v) is 8.58. The molecule has 1 fully saturated rings. The van der Waals surface area contributed by atoms with E-state index in [4.69, 9.17) is 0 Å². The van der Waals surface area contributed by atoms with Gasteiger partial charge < -0.3 is 0 Å². The van der Waals surface area contributed by atoms with Crippen LogP contribution in [0.4, 0.5) is 0 Å². The standard InChI is InChI=1S/C25H27N3O/c29-24(16-19-7-4-8-21(19)17-5-2-1-3-6-17)20-9-10-23-22(15-20)25(28-27-23)18-11-13-26-14-12-18/h1-3,5-6,11-14,19-21H,4,7-10,15-16H2,(H,27,28)/t19-,20-,21-/m1/s1. The Hall–Kier alpha value is -2.75. The smallest absolute Gasteiger partial charge is 0.136 e. The first-order chi connectivity index (χ1) is 14.3. The minimum atomic E-state index is 0.123. The van der Waals surface area contributed by atoms with Gasteiger partial charge in [0.05, 0.1) is 5.69 Å². The van der Waals surface area contributed by atoms with Gasteiger partial charge in [-0.25, -0.2) is 0 Å². The van der Waals surface area contributed by atoms with E-state index in [0.717, 1.165) is 36.9 Å². The van der Waals surface area contributed by atoms with Crippen molar-refractivity contribution in [2.24, 2.45) is 11.8 Å². The van der Waals surface area contributed by atoms with E-state index in [1.807, 2.05) is 12.1 Å². The van der Waals surface area contributed by atoms with Gasteiger partial charge >= 0.3 is 0 Å². The number of rotatable bonds is 5. The van der Waals surface area contributed by atoms with E-state index in [9.17, 15) is 4.79 Å². The van der Waals surface area contributed by atoms with Crippen LogP contribution in [0.1, 0.15) is 54.8 Å². The van der Waals surface area contributed by atoms with Crippen molar-refractivity contribution in [3.63, 3.8) is 0 Å². The average Bonchev–Trinajstić information content (AvgIpc) is 3.41. The summed E-state index contributed by atoms with van der Waals surface area (Å²) in [6.45, 7) is 0. The molecule has 1 aromatic carbocycles. The minimum Gasteiger partial charge on any atom is -0.299 e. The Labute approximate surface area is 171 Å². The molecule has 3 aromatic rings. The van der Waals surface area contributed by atoms with Crippen LogP contribution in [0.25, 0.3) is 11.3 Å². The second kappa shape index (κ2) is 7.94. The molecule has 1 saturated carbocycles. The van der Waals surface area contributed by atoms with Gasteiger partial charge in [-0.2, -0.15) is 5.10 Å². The third-order valence-corrected chi connectivity index (χ3v) is 6.91. The van der Waals surface area contributed by atoms with Gasteiger partial charge in [0.25, 0.3) is 0 Å². The van der Waals surface area contributed by atoms with Crippen LogP contribution in [0.5, 0.6) is 0 Å². The molecule has 0 bridgehead atoms. The van der Waals surface area contributed by atoms with Crippen LogP contribution in [-0.4, -0.2) is 21.0 Å². The lowest BCUT2D eigenvalue weighted by Gasteiger charge is -2.25. The number of hydrogen-bond acceptors (Lipinski definition) is 3. The zero-order valence-corrected chi connectivity index (χ0v) is 16.7. The summed E-state index contributed by atoms with van der Waals surface area (Å²) in [5.41, 5.74) is 5.90. The number of Topliss-reactive ketones (excluding diaryl/α,β-unsaturated/α-hetero) is 1. The summed E-state index contributed by atoms with van der Waals surface area (Å²) in [6.07, 6.45) is 10.6. The topological polar surface area (TPSA) is 58.6 Å². The van der Waals surface area contributed by atoms with Gasteiger partial charge in [0.1, 0.15) is 5.78 Å². The van der Waals surface area contributed by atoms with Gasteiger partial charge in [-0.05, 0) is 61.6 Å². The quantitative estimate of drug-likeness (QED) is 0.663. The molecule has 0 aliphatic heterocycles. The number of fused-ring (bicyclic) bond motifs is 1. The first kappa shape index (κ1) is 18.3. The highest BCUT2D eigenvalue weighted by atomic mass is 16.1. The van der Waals surface area contributed by atoms with E-state index in [1.165, 1.54) is 36.1 Å². The Morgan fingerprint density at radius 2 is 1.86 bits per heavy atom. The molecule has 0 radical (unpaired) electrons. The van der Waals surface area contributed by atoms with E-state index < -0.39 is 0 Å². The fourth-order valence-corrected chi connectivity index (χ4v) is 5.36. The van der Waals surface area contributed by atoms with Crippen LogP contribution in [0.2, 0.25) is 0 Å². The van der Waals surface area contributed by atoms with Crippen LogP contribution in [0.15, 0.2) is 54.9 Å². The van der Waals surface area contributed by atoms with Crippen molar-refractivity contribution in [1.82, 2.24) is 15.2 Å². The molecule has 0 unspecified atom stereocenters. The maximum atomic E-state index is 13.3. The summed E-state index contributed by atoms with van der Waals surface area (Å²) >= 11 is 0. The lowest BCUT2D eigenvalue weighted by atomic mass is 9.78. The number of carbonyl (C=O) groups is 1. The molecule has 2 heterocycles. The van der Waals surface area contributed by atoms with Gasteiger partial charge in [0.2, 0.25) is 0 Å². The number of nitrogens with one attached hydrogen (secondary N) is 1. The van der Waals surface area contributed by atoms with Crippen molar-refractivity contribution < 1.29 is 4.79 Å². The predicted octanol–water partition coefficient (Wildman–Crippen LogP) is 5.12. The Bertz CT molecular complexity index is 980. The molecular weight excluding hydrogens is 358 g/mol. The number of pyridine rings is 1. The molecule has 2 aliphatic rings. The van der Waals surface area contributed by atoms with Crippen LogP contribution < -0.4 is 0 Å². The van der Waals surface area contributed by atoms with Crippen molar-refractivity contribution in [2.45, 2.75) is 50.9 Å². The highest BCUT2D eigenvalue weighted by Gasteiger charge is 2.34. The van der Waals surface area contributed by atoms with Crippen molar-refractivity contribution in [3.8, 4) is 11.3 Å². The van der Waals surface area contributed by atoms with Gasteiger partial charge in [-0.3, -0.25) is 14.9 Å². The van der Waals surface area contributed by atoms with Crippen LogP contribution in [0, 0.1) is 11.8 Å². The third-order valence-electron chi connectivity index (χ3n) is 6.91. The Kier molecular flexibility index (Phi) is 5.01. The molecule has 3 atom stereocenters. The highest BCUT2D eigenvalue weighted by Crippen LogP contribution is 2.42. The van der Waals surface area contributed by atoms with E-state index in [0.29, 0.717) is 17.6 Å². The Balaban J connectivity index is 1.31. The summed E-state index contributed by atoms with van der Waals surface area (Å²) in [4.78, 5) is 17.4. The number of aromatic amines is 1. The first-order valence-electron chi connectivity index (χ1n) is 10.8. The maximum Gasteiger partial charge on any atom is 0.136 e. The van der Waals surface area contributed by atoms with Gasteiger partial charge in [0.15, 0.2) is 0 Å². The van der Waals surface area contributed by atoms with E-state index in [-0.39, 0.29) is 5.92 Å². The lowest BCUT2D eigenvalue weighted by Crippen LogP contribution is -2.25. The van der Waals surface area contributed by atoms with Crippen LogP contribution in [0.3, 0.4) is 0 Å². The molecule has 29 heavy (non-hydrogen) atoms. The van der Waals surface area contributed by atoms with Gasteiger partial charge in [0, 0.05) is 41.6 Å². The summed E-state index contributed by atoms with van der Waals surface area (Å²) in [7, 11) is 0. The molecule has 0 spiro atoms. The van der Waals surface area contributed by atoms with Crippen molar-refractivity contribution in [1.29, 1.82) is 0 Å². The van der Waals surface area contributed by atoms with Crippen molar-refractivity contribution >= 4 is 5.78 Å². The normalized spacial score (nSPS) is 23.7. The monoisotopic (exact) mass is 385 g/mol.